The van der Waals surface area contributed by atoms with Crippen LogP contribution in [0.3, 0.4) is 0 Å². The van der Waals surface area contributed by atoms with E-state index in [4.69, 9.17) is 19.3 Å². The van der Waals surface area contributed by atoms with Gasteiger partial charge < -0.3 is 24.2 Å². The number of nitrogens with zero attached hydrogens (tertiary/aromatic N) is 1. The van der Waals surface area contributed by atoms with Crippen LogP contribution in [0.25, 0.3) is 0 Å². The second-order valence-electron chi connectivity index (χ2n) is 7.21. The topological polar surface area (TPSA) is 51.2 Å². The van der Waals surface area contributed by atoms with Gasteiger partial charge in [0.15, 0.2) is 11.5 Å². The first-order chi connectivity index (χ1) is 11.0. The van der Waals surface area contributed by atoms with Gasteiger partial charge in [0, 0.05) is 38.2 Å². The van der Waals surface area contributed by atoms with E-state index in [1.165, 1.54) is 12.8 Å². The third-order valence-electron chi connectivity index (χ3n) is 4.00. The summed E-state index contributed by atoms with van der Waals surface area (Å²) >= 11 is 0. The van der Waals surface area contributed by atoms with Crippen molar-refractivity contribution in [1.29, 1.82) is 0 Å². The van der Waals surface area contributed by atoms with Crippen molar-refractivity contribution in [2.24, 2.45) is 0 Å². The molecule has 0 bridgehead atoms. The zero-order valence-corrected chi connectivity index (χ0v) is 14.3. The van der Waals surface area contributed by atoms with Crippen LogP contribution in [0.1, 0.15) is 46.5 Å². The van der Waals surface area contributed by atoms with Crippen molar-refractivity contribution in [3.05, 3.63) is 12.1 Å². The highest BCUT2D eigenvalue weighted by atomic mass is 16.7. The summed E-state index contributed by atoms with van der Waals surface area (Å²) in [5, 5.41) is 8.97. The molecule has 5 nitrogen and oxygen atoms in total. The standard InChI is InChI=1S/C18H27NO4/c1-18(2,3)23-14-12-16-15(21-17(22-16)7-6-10-20)11-13(14)19-8-4-5-9-19/h11-12,17,20H,4-10H2,1-3H3. The molecular formula is C18H27NO4. The summed E-state index contributed by atoms with van der Waals surface area (Å²) in [6, 6.07) is 3.99. The van der Waals surface area contributed by atoms with E-state index >= 15 is 0 Å². The quantitative estimate of drug-likeness (QED) is 0.901. The predicted molar refractivity (Wildman–Crippen MR) is 89.6 cm³/mol. The summed E-state index contributed by atoms with van der Waals surface area (Å²) in [5.41, 5.74) is 0.820. The summed E-state index contributed by atoms with van der Waals surface area (Å²) in [7, 11) is 0. The molecule has 0 radical (unpaired) electrons. The Morgan fingerprint density at radius 1 is 1.17 bits per heavy atom. The highest BCUT2D eigenvalue weighted by Gasteiger charge is 2.29. The highest BCUT2D eigenvalue weighted by Crippen LogP contribution is 2.46. The van der Waals surface area contributed by atoms with E-state index in [0.717, 1.165) is 36.0 Å². The van der Waals surface area contributed by atoms with Gasteiger partial charge in [-0.05, 0) is 40.0 Å². The minimum Gasteiger partial charge on any atom is -0.486 e. The van der Waals surface area contributed by atoms with Gasteiger partial charge in [-0.25, -0.2) is 0 Å². The number of ether oxygens (including phenoxy) is 3. The van der Waals surface area contributed by atoms with E-state index in [1.54, 1.807) is 0 Å². The second kappa shape index (κ2) is 6.48. The average molecular weight is 321 g/mol. The van der Waals surface area contributed by atoms with Crippen molar-refractivity contribution in [1.82, 2.24) is 0 Å². The van der Waals surface area contributed by atoms with Crippen LogP contribution in [0.4, 0.5) is 5.69 Å². The Morgan fingerprint density at radius 3 is 2.43 bits per heavy atom. The Labute approximate surface area is 138 Å². The number of aliphatic hydroxyl groups excluding tert-OH is 1. The lowest BCUT2D eigenvalue weighted by atomic mass is 10.1. The average Bonchev–Trinajstić information content (AvgIpc) is 3.11. The summed E-state index contributed by atoms with van der Waals surface area (Å²) in [6.07, 6.45) is 3.46. The number of rotatable bonds is 5. The SMILES string of the molecule is CC(C)(C)Oc1cc2c(cc1N1CCCC1)OC(CCCO)O2. The molecule has 2 heterocycles. The summed E-state index contributed by atoms with van der Waals surface area (Å²) < 4.78 is 17.9. The Kier molecular flexibility index (Phi) is 4.57. The molecule has 2 aliphatic rings. The minimum absolute atomic E-state index is 0.150. The van der Waals surface area contributed by atoms with Gasteiger partial charge in [-0.2, -0.15) is 0 Å². The molecule has 1 fully saturated rings. The van der Waals surface area contributed by atoms with Gasteiger partial charge in [0.05, 0.1) is 5.69 Å². The van der Waals surface area contributed by atoms with Crippen molar-refractivity contribution >= 4 is 5.69 Å². The molecule has 0 spiro atoms. The van der Waals surface area contributed by atoms with E-state index in [0.29, 0.717) is 12.8 Å². The van der Waals surface area contributed by atoms with E-state index in [1.807, 2.05) is 12.1 Å². The van der Waals surface area contributed by atoms with Crippen LogP contribution in [-0.4, -0.2) is 36.7 Å². The summed E-state index contributed by atoms with van der Waals surface area (Å²) in [5.74, 6) is 2.36. The lowest BCUT2D eigenvalue weighted by Gasteiger charge is -2.27. The molecule has 128 valence electrons. The fourth-order valence-electron chi connectivity index (χ4n) is 3.01. The van der Waals surface area contributed by atoms with Gasteiger partial charge in [0.1, 0.15) is 11.4 Å². The normalized spacial score (nSPS) is 20.2. The first-order valence-corrected chi connectivity index (χ1v) is 8.52. The molecule has 1 unspecified atom stereocenters. The van der Waals surface area contributed by atoms with E-state index < -0.39 is 0 Å². The summed E-state index contributed by atoms with van der Waals surface area (Å²) in [4.78, 5) is 2.35. The number of hydrogen-bond donors (Lipinski definition) is 1. The second-order valence-corrected chi connectivity index (χ2v) is 7.21. The van der Waals surface area contributed by atoms with Gasteiger partial charge >= 0.3 is 0 Å². The lowest BCUT2D eigenvalue weighted by molar-refractivity contribution is 0.0357. The van der Waals surface area contributed by atoms with Crippen molar-refractivity contribution in [3.8, 4) is 17.2 Å². The smallest absolute Gasteiger partial charge is 0.241 e. The van der Waals surface area contributed by atoms with E-state index in [9.17, 15) is 0 Å². The van der Waals surface area contributed by atoms with E-state index in [2.05, 4.69) is 25.7 Å². The van der Waals surface area contributed by atoms with Crippen LogP contribution >= 0.6 is 0 Å². The third kappa shape index (κ3) is 3.83. The van der Waals surface area contributed by atoms with Gasteiger partial charge in [-0.3, -0.25) is 0 Å². The number of hydrogen-bond acceptors (Lipinski definition) is 5. The molecule has 0 aliphatic carbocycles. The van der Waals surface area contributed by atoms with Crippen LogP contribution in [-0.2, 0) is 0 Å². The first-order valence-electron chi connectivity index (χ1n) is 8.52. The van der Waals surface area contributed by atoms with Crippen LogP contribution < -0.4 is 19.1 Å². The number of benzene rings is 1. The molecule has 1 aromatic carbocycles. The molecular weight excluding hydrogens is 294 g/mol. The Balaban J connectivity index is 1.86. The molecule has 23 heavy (non-hydrogen) atoms. The molecule has 1 aromatic rings. The molecule has 0 aromatic heterocycles. The van der Waals surface area contributed by atoms with Crippen LogP contribution in [0.2, 0.25) is 0 Å². The first kappa shape index (κ1) is 16.2. The molecule has 0 saturated carbocycles. The summed E-state index contributed by atoms with van der Waals surface area (Å²) in [6.45, 7) is 8.40. The van der Waals surface area contributed by atoms with Crippen LogP contribution in [0.5, 0.6) is 17.2 Å². The highest BCUT2D eigenvalue weighted by molar-refractivity contribution is 5.67. The zero-order chi connectivity index (χ0) is 16.4. The van der Waals surface area contributed by atoms with Gasteiger partial charge in [0.2, 0.25) is 6.29 Å². The van der Waals surface area contributed by atoms with Gasteiger partial charge in [-0.1, -0.05) is 0 Å². The number of aliphatic hydroxyl groups is 1. The lowest BCUT2D eigenvalue weighted by Crippen LogP contribution is -2.25. The molecule has 1 atom stereocenters. The Morgan fingerprint density at radius 2 is 1.83 bits per heavy atom. The third-order valence-corrected chi connectivity index (χ3v) is 4.00. The maximum Gasteiger partial charge on any atom is 0.241 e. The minimum atomic E-state index is -0.312. The molecule has 0 amide bonds. The van der Waals surface area contributed by atoms with Crippen LogP contribution in [0, 0.1) is 0 Å². The molecule has 1 N–H and O–H groups in total. The Hall–Kier alpha value is -1.62. The number of fused-ring (bicyclic) bond motifs is 1. The monoisotopic (exact) mass is 321 g/mol. The molecule has 5 heteroatoms. The molecule has 2 aliphatic heterocycles. The largest absolute Gasteiger partial charge is 0.486 e. The van der Waals surface area contributed by atoms with Crippen molar-refractivity contribution in [3.63, 3.8) is 0 Å². The maximum atomic E-state index is 8.97. The number of anilines is 1. The van der Waals surface area contributed by atoms with Crippen molar-refractivity contribution in [2.45, 2.75) is 58.3 Å². The Bertz CT molecular complexity index is 547. The fourth-order valence-corrected chi connectivity index (χ4v) is 3.01. The maximum absolute atomic E-state index is 8.97. The molecule has 3 rings (SSSR count). The van der Waals surface area contributed by atoms with Gasteiger partial charge in [0.25, 0.3) is 0 Å². The van der Waals surface area contributed by atoms with E-state index in [-0.39, 0.29) is 18.5 Å². The van der Waals surface area contributed by atoms with Crippen molar-refractivity contribution < 1.29 is 19.3 Å². The molecule has 1 saturated heterocycles. The zero-order valence-electron chi connectivity index (χ0n) is 14.3. The van der Waals surface area contributed by atoms with Crippen LogP contribution in [0.15, 0.2) is 12.1 Å². The van der Waals surface area contributed by atoms with Gasteiger partial charge in [-0.15, -0.1) is 0 Å². The predicted octanol–water partition coefficient (Wildman–Crippen LogP) is 3.33. The fraction of sp³-hybridized carbons (Fsp3) is 0.667. The van der Waals surface area contributed by atoms with Crippen molar-refractivity contribution in [2.75, 3.05) is 24.6 Å².